The molecule has 1 N–H and O–H groups in total. The zero-order valence-corrected chi connectivity index (χ0v) is 7.97. The maximum absolute atomic E-state index is 5.95. The normalized spacial score (nSPS) is 10.3. The topological polar surface area (TPSA) is 41.6 Å². The third kappa shape index (κ3) is 1.53. The minimum atomic E-state index is 0.327. The van der Waals surface area contributed by atoms with Crippen LogP contribution in [0.15, 0.2) is 24.3 Å². The second kappa shape index (κ2) is 3.36. The number of benzene rings is 1. The van der Waals surface area contributed by atoms with Crippen LogP contribution in [-0.4, -0.2) is 15.4 Å². The number of hydrogen-bond acceptors (Lipinski definition) is 2. The molecule has 2 aromatic rings. The molecule has 1 heterocycles. The number of hydrogen-bond donors (Lipinski definition) is 1. The third-order valence-electron chi connectivity index (χ3n) is 1.63. The van der Waals surface area contributed by atoms with Crippen LogP contribution in [0.4, 0.5) is 0 Å². The Morgan fingerprint density at radius 1 is 1.08 bits per heavy atom. The van der Waals surface area contributed by atoms with Crippen LogP contribution in [0.1, 0.15) is 0 Å². The van der Waals surface area contributed by atoms with E-state index in [9.17, 15) is 0 Å². The zero-order valence-electron chi connectivity index (χ0n) is 6.46. The second-order valence-electron chi connectivity index (χ2n) is 2.44. The molecule has 2 rings (SSSR count). The molecule has 0 saturated heterocycles. The molecule has 0 spiro atoms. The largest absolute Gasteiger partial charge is 0.196 e. The minimum Gasteiger partial charge on any atom is -0.196 e. The lowest BCUT2D eigenvalue weighted by Gasteiger charge is -1.98. The van der Waals surface area contributed by atoms with Crippen LogP contribution in [0, 0.1) is 0 Å². The van der Waals surface area contributed by atoms with Gasteiger partial charge in [-0.25, -0.2) is 0 Å². The molecule has 0 amide bonds. The Bertz CT molecular complexity index is 425. The van der Waals surface area contributed by atoms with Crippen molar-refractivity contribution in [3.63, 3.8) is 0 Å². The number of halogens is 2. The molecule has 1 aromatic carbocycles. The Hall–Kier alpha value is -1.06. The van der Waals surface area contributed by atoms with E-state index in [-0.39, 0.29) is 0 Å². The van der Waals surface area contributed by atoms with Gasteiger partial charge >= 0.3 is 0 Å². The van der Waals surface area contributed by atoms with E-state index in [4.69, 9.17) is 23.2 Å². The maximum atomic E-state index is 5.95. The van der Waals surface area contributed by atoms with Crippen molar-refractivity contribution in [3.8, 4) is 11.3 Å². The minimum absolute atomic E-state index is 0.327. The van der Waals surface area contributed by atoms with Gasteiger partial charge in [-0.1, -0.05) is 41.4 Å². The number of nitrogens with one attached hydrogen (secondary N) is 1. The summed E-state index contributed by atoms with van der Waals surface area (Å²) in [6, 6.07) is 7.33. The maximum Gasteiger partial charge on any atom is 0.179 e. The highest BCUT2D eigenvalue weighted by Crippen LogP contribution is 2.29. The van der Waals surface area contributed by atoms with Gasteiger partial charge in [0.25, 0.3) is 0 Å². The highest BCUT2D eigenvalue weighted by atomic mass is 35.5. The Morgan fingerprint density at radius 3 is 2.46 bits per heavy atom. The second-order valence-corrected chi connectivity index (χ2v) is 3.21. The summed E-state index contributed by atoms with van der Waals surface area (Å²) in [6.45, 7) is 0. The Labute approximate surface area is 84.7 Å². The fourth-order valence-electron chi connectivity index (χ4n) is 1.04. The van der Waals surface area contributed by atoms with E-state index in [1.165, 1.54) is 0 Å². The highest BCUT2D eigenvalue weighted by molar-refractivity contribution is 6.35. The molecular weight excluding hydrogens is 209 g/mol. The van der Waals surface area contributed by atoms with Gasteiger partial charge < -0.3 is 0 Å². The van der Waals surface area contributed by atoms with Crippen LogP contribution in [0.3, 0.4) is 0 Å². The molecule has 0 aliphatic rings. The van der Waals surface area contributed by atoms with E-state index in [2.05, 4.69) is 15.4 Å². The standard InChI is InChI=1S/C8H5Cl2N3/c9-6-4-2-1-3-5(6)7-8(10)12-13-11-7/h1-4H,(H,11,12,13). The number of rotatable bonds is 1. The van der Waals surface area contributed by atoms with Crippen LogP contribution in [0.25, 0.3) is 11.3 Å². The Morgan fingerprint density at radius 2 is 1.85 bits per heavy atom. The van der Waals surface area contributed by atoms with Crippen LogP contribution in [-0.2, 0) is 0 Å². The Balaban J connectivity index is 2.59. The third-order valence-corrected chi connectivity index (χ3v) is 2.23. The molecule has 5 heteroatoms. The summed E-state index contributed by atoms with van der Waals surface area (Å²) in [6.07, 6.45) is 0. The van der Waals surface area contributed by atoms with E-state index in [1.54, 1.807) is 6.07 Å². The van der Waals surface area contributed by atoms with Gasteiger partial charge in [-0.3, -0.25) is 0 Å². The van der Waals surface area contributed by atoms with Crippen LogP contribution < -0.4 is 0 Å². The molecule has 0 aliphatic carbocycles. The summed E-state index contributed by atoms with van der Waals surface area (Å²) in [5.74, 6) is 0. The van der Waals surface area contributed by atoms with E-state index < -0.39 is 0 Å². The van der Waals surface area contributed by atoms with Gasteiger partial charge in [0.2, 0.25) is 0 Å². The van der Waals surface area contributed by atoms with Gasteiger partial charge in [0.1, 0.15) is 5.69 Å². The number of aromatic nitrogens is 3. The summed E-state index contributed by atoms with van der Waals surface area (Å²) in [5.41, 5.74) is 1.36. The zero-order chi connectivity index (χ0) is 9.26. The molecule has 0 aliphatic heterocycles. The van der Waals surface area contributed by atoms with Gasteiger partial charge in [0, 0.05) is 5.56 Å². The first-order valence-electron chi connectivity index (χ1n) is 3.60. The molecule has 0 fully saturated rings. The van der Waals surface area contributed by atoms with Crippen molar-refractivity contribution in [3.05, 3.63) is 34.4 Å². The predicted molar refractivity (Wildman–Crippen MR) is 51.8 cm³/mol. The lowest BCUT2D eigenvalue weighted by Crippen LogP contribution is -1.79. The molecule has 1 aromatic heterocycles. The van der Waals surface area contributed by atoms with Crippen molar-refractivity contribution in [1.29, 1.82) is 0 Å². The lowest BCUT2D eigenvalue weighted by molar-refractivity contribution is 0.942. The quantitative estimate of drug-likeness (QED) is 0.792. The monoisotopic (exact) mass is 213 g/mol. The predicted octanol–water partition coefficient (Wildman–Crippen LogP) is 2.78. The fourth-order valence-corrected chi connectivity index (χ4v) is 1.45. The first-order chi connectivity index (χ1) is 6.29. The Kier molecular flexibility index (Phi) is 2.20. The number of H-pyrrole nitrogens is 1. The first kappa shape index (κ1) is 8.53. The van der Waals surface area contributed by atoms with Gasteiger partial charge in [-0.2, -0.15) is 10.3 Å². The van der Waals surface area contributed by atoms with E-state index in [0.717, 1.165) is 5.56 Å². The molecular formula is C8H5Cl2N3. The molecule has 3 nitrogen and oxygen atoms in total. The van der Waals surface area contributed by atoms with Gasteiger partial charge in [0.15, 0.2) is 5.15 Å². The molecule has 0 saturated carbocycles. The van der Waals surface area contributed by atoms with Crippen molar-refractivity contribution in [2.75, 3.05) is 0 Å². The van der Waals surface area contributed by atoms with Crippen molar-refractivity contribution >= 4 is 23.2 Å². The van der Waals surface area contributed by atoms with Crippen LogP contribution in [0.2, 0.25) is 10.2 Å². The van der Waals surface area contributed by atoms with Crippen molar-refractivity contribution in [2.24, 2.45) is 0 Å². The molecule has 0 unspecified atom stereocenters. The average Bonchev–Trinajstić information content (AvgIpc) is 2.52. The lowest BCUT2D eigenvalue weighted by atomic mass is 10.2. The molecule has 0 radical (unpaired) electrons. The van der Waals surface area contributed by atoms with E-state index in [1.807, 2.05) is 18.2 Å². The fraction of sp³-hybridized carbons (Fsp3) is 0. The van der Waals surface area contributed by atoms with Crippen molar-refractivity contribution in [1.82, 2.24) is 15.4 Å². The van der Waals surface area contributed by atoms with Gasteiger partial charge in [-0.15, -0.1) is 5.10 Å². The van der Waals surface area contributed by atoms with Crippen molar-refractivity contribution < 1.29 is 0 Å². The van der Waals surface area contributed by atoms with Crippen LogP contribution >= 0.6 is 23.2 Å². The van der Waals surface area contributed by atoms with Crippen molar-refractivity contribution in [2.45, 2.75) is 0 Å². The molecule has 0 atom stereocenters. The number of aromatic amines is 1. The first-order valence-corrected chi connectivity index (χ1v) is 4.36. The van der Waals surface area contributed by atoms with Gasteiger partial charge in [-0.05, 0) is 6.07 Å². The summed E-state index contributed by atoms with van der Waals surface area (Å²) < 4.78 is 0. The molecule has 66 valence electrons. The molecule has 13 heavy (non-hydrogen) atoms. The average molecular weight is 214 g/mol. The summed E-state index contributed by atoms with van der Waals surface area (Å²) in [7, 11) is 0. The molecule has 0 bridgehead atoms. The summed E-state index contributed by atoms with van der Waals surface area (Å²) in [4.78, 5) is 0. The smallest absolute Gasteiger partial charge is 0.179 e. The van der Waals surface area contributed by atoms with Crippen LogP contribution in [0.5, 0.6) is 0 Å². The summed E-state index contributed by atoms with van der Waals surface area (Å²) in [5, 5.41) is 11.0. The summed E-state index contributed by atoms with van der Waals surface area (Å²) >= 11 is 11.7. The van der Waals surface area contributed by atoms with Gasteiger partial charge in [0.05, 0.1) is 5.02 Å². The SMILES string of the molecule is Clc1ccccc1-c1n[nH]nc1Cl. The highest BCUT2D eigenvalue weighted by Gasteiger charge is 2.10. The van der Waals surface area contributed by atoms with E-state index in [0.29, 0.717) is 15.9 Å². The number of nitrogens with zero attached hydrogens (tertiary/aromatic N) is 2. The van der Waals surface area contributed by atoms with E-state index >= 15 is 0 Å².